The SMILES string of the molecule is CCc1nn2ccc(F)cc2c1C. The first-order valence-electron chi connectivity index (χ1n) is 4.35. The van der Waals surface area contributed by atoms with Crippen molar-refractivity contribution in [1.82, 2.24) is 9.61 Å². The second-order valence-electron chi connectivity index (χ2n) is 3.10. The molecule has 0 bridgehead atoms. The third-order valence-corrected chi connectivity index (χ3v) is 2.28. The predicted octanol–water partition coefficient (Wildman–Crippen LogP) is 2.34. The van der Waals surface area contributed by atoms with Crippen molar-refractivity contribution < 1.29 is 4.39 Å². The summed E-state index contributed by atoms with van der Waals surface area (Å²) in [6, 6.07) is 2.93. The van der Waals surface area contributed by atoms with Crippen LogP contribution in [0.5, 0.6) is 0 Å². The van der Waals surface area contributed by atoms with E-state index in [0.717, 1.165) is 23.2 Å². The van der Waals surface area contributed by atoms with Crippen molar-refractivity contribution in [3.63, 3.8) is 0 Å². The van der Waals surface area contributed by atoms with Gasteiger partial charge in [-0.1, -0.05) is 6.92 Å². The summed E-state index contributed by atoms with van der Waals surface area (Å²) >= 11 is 0. The van der Waals surface area contributed by atoms with Gasteiger partial charge in [-0.2, -0.15) is 5.10 Å². The second-order valence-corrected chi connectivity index (χ2v) is 3.10. The van der Waals surface area contributed by atoms with Crippen molar-refractivity contribution >= 4 is 5.52 Å². The van der Waals surface area contributed by atoms with E-state index in [1.165, 1.54) is 12.1 Å². The molecule has 0 radical (unpaired) electrons. The number of rotatable bonds is 1. The van der Waals surface area contributed by atoms with Gasteiger partial charge in [0, 0.05) is 6.20 Å². The van der Waals surface area contributed by atoms with Gasteiger partial charge in [-0.15, -0.1) is 0 Å². The molecule has 0 aromatic carbocycles. The first kappa shape index (κ1) is 8.23. The first-order valence-corrected chi connectivity index (χ1v) is 4.35. The number of pyridine rings is 1. The lowest BCUT2D eigenvalue weighted by molar-refractivity contribution is 0.625. The molecule has 0 amide bonds. The highest BCUT2D eigenvalue weighted by Crippen LogP contribution is 2.15. The molecule has 0 atom stereocenters. The van der Waals surface area contributed by atoms with Crippen molar-refractivity contribution in [3.05, 3.63) is 35.4 Å². The highest BCUT2D eigenvalue weighted by molar-refractivity contribution is 5.55. The largest absolute Gasteiger partial charge is 0.240 e. The summed E-state index contributed by atoms with van der Waals surface area (Å²) in [5.74, 6) is -0.210. The van der Waals surface area contributed by atoms with Crippen LogP contribution in [0.25, 0.3) is 5.52 Å². The number of aryl methyl sites for hydroxylation is 2. The van der Waals surface area contributed by atoms with Gasteiger partial charge in [-0.25, -0.2) is 8.91 Å². The fourth-order valence-electron chi connectivity index (χ4n) is 1.52. The van der Waals surface area contributed by atoms with Crippen molar-refractivity contribution in [2.45, 2.75) is 20.3 Å². The molecule has 2 heterocycles. The molecule has 0 aliphatic rings. The van der Waals surface area contributed by atoms with Crippen LogP contribution in [-0.2, 0) is 6.42 Å². The van der Waals surface area contributed by atoms with E-state index in [0.29, 0.717) is 0 Å². The predicted molar refractivity (Wildman–Crippen MR) is 49.3 cm³/mol. The van der Waals surface area contributed by atoms with Gasteiger partial charge in [0.15, 0.2) is 0 Å². The minimum absolute atomic E-state index is 0.210. The van der Waals surface area contributed by atoms with Crippen LogP contribution < -0.4 is 0 Å². The van der Waals surface area contributed by atoms with E-state index in [2.05, 4.69) is 5.10 Å². The molecular formula is C10H11FN2. The highest BCUT2D eigenvalue weighted by Gasteiger charge is 2.06. The lowest BCUT2D eigenvalue weighted by Crippen LogP contribution is -1.87. The molecule has 2 aromatic heterocycles. The average Bonchev–Trinajstić information content (AvgIpc) is 2.44. The van der Waals surface area contributed by atoms with Crippen LogP contribution in [0, 0.1) is 12.7 Å². The Morgan fingerprint density at radius 1 is 1.54 bits per heavy atom. The molecule has 68 valence electrons. The van der Waals surface area contributed by atoms with Crippen LogP contribution in [-0.4, -0.2) is 9.61 Å². The van der Waals surface area contributed by atoms with Crippen LogP contribution in [0.2, 0.25) is 0 Å². The zero-order valence-electron chi connectivity index (χ0n) is 7.71. The third kappa shape index (κ3) is 1.20. The summed E-state index contributed by atoms with van der Waals surface area (Å²) in [7, 11) is 0. The van der Waals surface area contributed by atoms with Crippen LogP contribution in [0.15, 0.2) is 18.3 Å². The standard InChI is InChI=1S/C10H11FN2/c1-3-9-7(2)10-6-8(11)4-5-13(10)12-9/h4-6H,3H2,1-2H3. The molecule has 2 aromatic rings. The van der Waals surface area contributed by atoms with Gasteiger partial charge in [0.2, 0.25) is 0 Å². The van der Waals surface area contributed by atoms with Crippen LogP contribution >= 0.6 is 0 Å². The maximum Gasteiger partial charge on any atom is 0.126 e. The molecule has 0 aliphatic heterocycles. The van der Waals surface area contributed by atoms with E-state index in [4.69, 9.17) is 0 Å². The van der Waals surface area contributed by atoms with Gasteiger partial charge in [0.05, 0.1) is 11.2 Å². The number of fused-ring (bicyclic) bond motifs is 1. The lowest BCUT2D eigenvalue weighted by Gasteiger charge is -1.92. The van der Waals surface area contributed by atoms with E-state index in [1.807, 2.05) is 13.8 Å². The maximum absolute atomic E-state index is 12.9. The van der Waals surface area contributed by atoms with Crippen molar-refractivity contribution in [2.75, 3.05) is 0 Å². The van der Waals surface area contributed by atoms with Gasteiger partial charge >= 0.3 is 0 Å². The Kier molecular flexibility index (Phi) is 1.79. The van der Waals surface area contributed by atoms with Crippen LogP contribution in [0.3, 0.4) is 0 Å². The summed E-state index contributed by atoms with van der Waals surface area (Å²) < 4.78 is 14.6. The van der Waals surface area contributed by atoms with E-state index < -0.39 is 0 Å². The highest BCUT2D eigenvalue weighted by atomic mass is 19.1. The van der Waals surface area contributed by atoms with E-state index in [-0.39, 0.29) is 5.82 Å². The molecule has 0 saturated heterocycles. The Morgan fingerprint density at radius 3 is 3.00 bits per heavy atom. The van der Waals surface area contributed by atoms with Crippen LogP contribution in [0.4, 0.5) is 4.39 Å². The van der Waals surface area contributed by atoms with Gasteiger partial charge in [-0.3, -0.25) is 0 Å². The van der Waals surface area contributed by atoms with Gasteiger partial charge < -0.3 is 0 Å². The quantitative estimate of drug-likeness (QED) is 0.655. The number of hydrogen-bond acceptors (Lipinski definition) is 1. The van der Waals surface area contributed by atoms with Gasteiger partial charge in [0.25, 0.3) is 0 Å². The number of nitrogens with zero attached hydrogens (tertiary/aromatic N) is 2. The van der Waals surface area contributed by atoms with Gasteiger partial charge in [0.1, 0.15) is 5.82 Å². The average molecular weight is 178 g/mol. The molecule has 0 aliphatic carbocycles. The topological polar surface area (TPSA) is 17.3 Å². The number of aromatic nitrogens is 2. The van der Waals surface area contributed by atoms with Crippen molar-refractivity contribution in [2.24, 2.45) is 0 Å². The monoisotopic (exact) mass is 178 g/mol. The molecule has 0 unspecified atom stereocenters. The van der Waals surface area contributed by atoms with Crippen LogP contribution in [0.1, 0.15) is 18.2 Å². The summed E-state index contributed by atoms with van der Waals surface area (Å²) in [5.41, 5.74) is 2.96. The Balaban J connectivity index is 2.77. The Labute approximate surface area is 76.0 Å². The molecular weight excluding hydrogens is 167 g/mol. The van der Waals surface area contributed by atoms with Gasteiger partial charge in [-0.05, 0) is 31.0 Å². The Hall–Kier alpha value is -1.38. The molecule has 2 nitrogen and oxygen atoms in total. The molecule has 13 heavy (non-hydrogen) atoms. The summed E-state index contributed by atoms with van der Waals surface area (Å²) in [4.78, 5) is 0. The van der Waals surface area contributed by atoms with E-state index in [1.54, 1.807) is 10.7 Å². The normalized spacial score (nSPS) is 11.0. The fraction of sp³-hybridized carbons (Fsp3) is 0.300. The van der Waals surface area contributed by atoms with Crippen molar-refractivity contribution in [3.8, 4) is 0 Å². The maximum atomic E-state index is 12.9. The molecule has 0 fully saturated rings. The molecule has 2 rings (SSSR count). The lowest BCUT2D eigenvalue weighted by atomic mass is 10.2. The summed E-state index contributed by atoms with van der Waals surface area (Å²) in [6.07, 6.45) is 2.53. The van der Waals surface area contributed by atoms with E-state index in [9.17, 15) is 4.39 Å². The molecule has 0 spiro atoms. The summed E-state index contributed by atoms with van der Waals surface area (Å²) in [5, 5.41) is 4.32. The fourth-order valence-corrected chi connectivity index (χ4v) is 1.52. The third-order valence-electron chi connectivity index (χ3n) is 2.28. The summed E-state index contributed by atoms with van der Waals surface area (Å²) in [6.45, 7) is 4.02. The molecule has 0 N–H and O–H groups in total. The van der Waals surface area contributed by atoms with Crippen molar-refractivity contribution in [1.29, 1.82) is 0 Å². The first-order chi connectivity index (χ1) is 6.22. The Morgan fingerprint density at radius 2 is 2.31 bits per heavy atom. The molecule has 3 heteroatoms. The van der Waals surface area contributed by atoms with E-state index >= 15 is 0 Å². The smallest absolute Gasteiger partial charge is 0.126 e. The minimum Gasteiger partial charge on any atom is -0.240 e. The zero-order valence-corrected chi connectivity index (χ0v) is 7.71. The number of hydrogen-bond donors (Lipinski definition) is 0. The second kappa shape index (κ2) is 2.83. The minimum atomic E-state index is -0.210. The molecule has 0 saturated carbocycles. The Bertz CT molecular complexity index is 445. The number of halogens is 1. The zero-order chi connectivity index (χ0) is 9.42.